The van der Waals surface area contributed by atoms with E-state index in [1.54, 1.807) is 26.0 Å². The van der Waals surface area contributed by atoms with Crippen molar-refractivity contribution in [2.75, 3.05) is 27.7 Å². The Labute approximate surface area is 162 Å². The highest BCUT2D eigenvalue weighted by Gasteiger charge is 2.08. The Kier molecular flexibility index (Phi) is 7.86. The minimum atomic E-state index is 0.0134. The van der Waals surface area contributed by atoms with Gasteiger partial charge in [-0.05, 0) is 35.6 Å². The minimum Gasteiger partial charge on any atom is -0.356 e. The molecule has 144 valence electrons. The number of carbonyl (C=O) groups excluding carboxylic acids is 1. The van der Waals surface area contributed by atoms with Crippen LogP contribution in [0.15, 0.2) is 59.6 Å². The van der Waals surface area contributed by atoms with E-state index in [0.29, 0.717) is 18.0 Å². The second kappa shape index (κ2) is 10.4. The van der Waals surface area contributed by atoms with E-state index in [-0.39, 0.29) is 5.91 Å². The molecule has 0 saturated carbocycles. The lowest BCUT2D eigenvalue weighted by Crippen LogP contribution is -2.37. The molecule has 0 aromatic heterocycles. The number of nitrogens with zero attached hydrogens (tertiary/aromatic N) is 2. The van der Waals surface area contributed by atoms with Gasteiger partial charge in [-0.25, -0.2) is 0 Å². The Bertz CT molecular complexity index is 739. The zero-order valence-corrected chi connectivity index (χ0v) is 16.7. The topological polar surface area (TPSA) is 56.7 Å². The van der Waals surface area contributed by atoms with Crippen molar-refractivity contribution in [2.24, 2.45) is 4.99 Å². The number of benzene rings is 2. The van der Waals surface area contributed by atoms with Crippen LogP contribution in [0.1, 0.15) is 40.7 Å². The van der Waals surface area contributed by atoms with E-state index in [0.717, 1.165) is 24.5 Å². The molecular formula is C22H30N4O. The van der Waals surface area contributed by atoms with Gasteiger partial charge in [0.25, 0.3) is 5.91 Å². The van der Waals surface area contributed by atoms with Crippen molar-refractivity contribution in [1.29, 1.82) is 0 Å². The summed E-state index contributed by atoms with van der Waals surface area (Å²) in [5.41, 5.74) is 3.15. The first-order chi connectivity index (χ1) is 13.0. The van der Waals surface area contributed by atoms with E-state index >= 15 is 0 Å². The lowest BCUT2D eigenvalue weighted by Gasteiger charge is -2.15. The zero-order chi connectivity index (χ0) is 19.6. The van der Waals surface area contributed by atoms with Crippen LogP contribution in [0.4, 0.5) is 0 Å². The molecule has 2 aromatic rings. The highest BCUT2D eigenvalue weighted by Crippen LogP contribution is 2.17. The van der Waals surface area contributed by atoms with Crippen LogP contribution in [0, 0.1) is 0 Å². The van der Waals surface area contributed by atoms with Gasteiger partial charge in [-0.3, -0.25) is 9.79 Å². The van der Waals surface area contributed by atoms with Gasteiger partial charge in [-0.15, -0.1) is 0 Å². The van der Waals surface area contributed by atoms with Crippen LogP contribution >= 0.6 is 0 Å². The molecule has 27 heavy (non-hydrogen) atoms. The van der Waals surface area contributed by atoms with E-state index < -0.39 is 0 Å². The smallest absolute Gasteiger partial charge is 0.253 e. The van der Waals surface area contributed by atoms with E-state index in [1.165, 1.54) is 5.56 Å². The molecule has 0 heterocycles. The number of nitrogens with one attached hydrogen (secondary N) is 2. The molecule has 5 heteroatoms. The molecule has 0 spiro atoms. The fourth-order valence-corrected chi connectivity index (χ4v) is 2.79. The molecule has 0 aliphatic carbocycles. The molecule has 0 saturated heterocycles. The van der Waals surface area contributed by atoms with E-state index in [9.17, 15) is 4.79 Å². The number of rotatable bonds is 7. The first kappa shape index (κ1) is 20.5. The van der Waals surface area contributed by atoms with Crippen LogP contribution in [0.2, 0.25) is 0 Å². The molecule has 0 radical (unpaired) electrons. The van der Waals surface area contributed by atoms with Gasteiger partial charge in [0.05, 0.1) is 0 Å². The summed E-state index contributed by atoms with van der Waals surface area (Å²) in [5.74, 6) is 1.29. The summed E-state index contributed by atoms with van der Waals surface area (Å²) >= 11 is 0. The quantitative estimate of drug-likeness (QED) is 0.584. The molecule has 2 N–H and O–H groups in total. The van der Waals surface area contributed by atoms with Crippen LogP contribution < -0.4 is 10.6 Å². The molecule has 0 aliphatic rings. The predicted molar refractivity (Wildman–Crippen MR) is 112 cm³/mol. The van der Waals surface area contributed by atoms with Crippen LogP contribution in [-0.4, -0.2) is 44.5 Å². The fraction of sp³-hybridized carbons (Fsp3) is 0.364. The highest BCUT2D eigenvalue weighted by molar-refractivity contribution is 5.93. The monoisotopic (exact) mass is 366 g/mol. The summed E-state index contributed by atoms with van der Waals surface area (Å²) in [4.78, 5) is 17.8. The maximum absolute atomic E-state index is 11.9. The van der Waals surface area contributed by atoms with Crippen LogP contribution in [-0.2, 0) is 6.54 Å². The third-order valence-corrected chi connectivity index (χ3v) is 4.53. The van der Waals surface area contributed by atoms with Crippen LogP contribution in [0.5, 0.6) is 0 Å². The third kappa shape index (κ3) is 6.44. The second-order valence-electron chi connectivity index (χ2n) is 6.85. The lowest BCUT2D eigenvalue weighted by atomic mass is 9.98. The number of amides is 1. The van der Waals surface area contributed by atoms with Gasteiger partial charge in [-0.1, -0.05) is 49.4 Å². The molecule has 2 rings (SSSR count). The average Bonchev–Trinajstić information content (AvgIpc) is 2.70. The van der Waals surface area contributed by atoms with Gasteiger partial charge in [0.15, 0.2) is 5.96 Å². The predicted octanol–water partition coefficient (Wildman–Crippen LogP) is 3.25. The van der Waals surface area contributed by atoms with Crippen molar-refractivity contribution < 1.29 is 4.79 Å². The van der Waals surface area contributed by atoms with Crippen LogP contribution in [0.25, 0.3) is 0 Å². The number of carbonyl (C=O) groups is 1. The summed E-state index contributed by atoms with van der Waals surface area (Å²) < 4.78 is 0. The van der Waals surface area contributed by atoms with Crippen molar-refractivity contribution in [2.45, 2.75) is 25.8 Å². The normalized spacial score (nSPS) is 12.4. The van der Waals surface area contributed by atoms with E-state index in [4.69, 9.17) is 0 Å². The number of hydrogen-bond donors (Lipinski definition) is 2. The Morgan fingerprint density at radius 3 is 2.30 bits per heavy atom. The summed E-state index contributed by atoms with van der Waals surface area (Å²) in [7, 11) is 5.28. The van der Waals surface area contributed by atoms with Crippen molar-refractivity contribution in [3.63, 3.8) is 0 Å². The summed E-state index contributed by atoms with van der Waals surface area (Å²) in [6, 6.07) is 18.2. The first-order valence-electron chi connectivity index (χ1n) is 9.31. The summed E-state index contributed by atoms with van der Waals surface area (Å²) in [5, 5.41) is 6.68. The minimum absolute atomic E-state index is 0.0134. The Balaban J connectivity index is 1.77. The van der Waals surface area contributed by atoms with Gasteiger partial charge < -0.3 is 15.5 Å². The van der Waals surface area contributed by atoms with Crippen molar-refractivity contribution >= 4 is 11.9 Å². The largest absolute Gasteiger partial charge is 0.356 e. The molecule has 0 bridgehead atoms. The molecule has 0 aliphatic heterocycles. The number of guanidine groups is 1. The Morgan fingerprint density at radius 1 is 1.04 bits per heavy atom. The van der Waals surface area contributed by atoms with Gasteiger partial charge >= 0.3 is 0 Å². The van der Waals surface area contributed by atoms with Gasteiger partial charge in [0, 0.05) is 39.8 Å². The molecule has 0 fully saturated rings. The maximum Gasteiger partial charge on any atom is 0.253 e. The van der Waals surface area contributed by atoms with E-state index in [2.05, 4.69) is 46.8 Å². The highest BCUT2D eigenvalue weighted by atomic mass is 16.2. The van der Waals surface area contributed by atoms with Gasteiger partial charge in [0.2, 0.25) is 0 Å². The van der Waals surface area contributed by atoms with Crippen molar-refractivity contribution in [3.05, 3.63) is 71.3 Å². The molecule has 1 amide bonds. The van der Waals surface area contributed by atoms with Crippen LogP contribution in [0.3, 0.4) is 0 Å². The Hall–Kier alpha value is -2.82. The maximum atomic E-state index is 11.9. The SMILES string of the molecule is CN=C(NCCC(C)c1ccccc1)NCc1ccc(C(=O)N(C)C)cc1. The van der Waals surface area contributed by atoms with E-state index in [1.807, 2.05) is 30.3 Å². The van der Waals surface area contributed by atoms with Gasteiger partial charge in [-0.2, -0.15) is 0 Å². The Morgan fingerprint density at radius 2 is 1.70 bits per heavy atom. The van der Waals surface area contributed by atoms with Gasteiger partial charge in [0.1, 0.15) is 0 Å². The molecular weight excluding hydrogens is 336 g/mol. The lowest BCUT2D eigenvalue weighted by molar-refractivity contribution is 0.0827. The third-order valence-electron chi connectivity index (χ3n) is 4.53. The standard InChI is InChI=1S/C22H30N4O/c1-17(19-8-6-5-7-9-19)14-15-24-22(23-2)25-16-18-10-12-20(13-11-18)21(27)26(3)4/h5-13,17H,14-16H2,1-4H3,(H2,23,24,25). The molecule has 2 aromatic carbocycles. The number of aliphatic imine (C=N–C) groups is 1. The summed E-state index contributed by atoms with van der Waals surface area (Å²) in [6.45, 7) is 3.75. The zero-order valence-electron chi connectivity index (χ0n) is 16.7. The molecule has 1 unspecified atom stereocenters. The number of hydrogen-bond acceptors (Lipinski definition) is 2. The molecule has 1 atom stereocenters. The second-order valence-corrected chi connectivity index (χ2v) is 6.85. The fourth-order valence-electron chi connectivity index (χ4n) is 2.79. The van der Waals surface area contributed by atoms with Crippen molar-refractivity contribution in [3.8, 4) is 0 Å². The average molecular weight is 367 g/mol. The van der Waals surface area contributed by atoms with Crippen molar-refractivity contribution in [1.82, 2.24) is 15.5 Å². The molecule has 5 nitrogen and oxygen atoms in total. The first-order valence-corrected chi connectivity index (χ1v) is 9.31. The summed E-state index contributed by atoms with van der Waals surface area (Å²) in [6.07, 6.45) is 1.03.